The quantitative estimate of drug-likeness (QED) is 0.658. The molecule has 150 valence electrons. The minimum Gasteiger partial charge on any atom is -0.497 e. The molecule has 0 radical (unpaired) electrons. The van der Waals surface area contributed by atoms with Crippen molar-refractivity contribution in [3.8, 4) is 17.2 Å². The fourth-order valence-corrected chi connectivity index (χ4v) is 2.24. The number of benzene rings is 2. The highest BCUT2D eigenvalue weighted by atomic mass is 19.3. The number of nitrogens with one attached hydrogen (secondary N) is 1. The molecule has 7 nitrogen and oxygen atoms in total. The predicted octanol–water partition coefficient (Wildman–Crippen LogP) is 2.78. The molecule has 0 heterocycles. The lowest BCUT2D eigenvalue weighted by Gasteiger charge is -2.11. The molecule has 2 aromatic rings. The van der Waals surface area contributed by atoms with Gasteiger partial charge in [0.1, 0.15) is 5.75 Å². The topological polar surface area (TPSA) is 83.1 Å². The Morgan fingerprint density at radius 2 is 1.82 bits per heavy atom. The van der Waals surface area contributed by atoms with E-state index in [1.807, 2.05) is 6.07 Å². The molecule has 0 saturated carbocycles. The van der Waals surface area contributed by atoms with Crippen LogP contribution in [0.3, 0.4) is 0 Å². The zero-order valence-corrected chi connectivity index (χ0v) is 15.2. The SMILES string of the molecule is COc1cccc(CNC(=O)COC(=O)c2ccc(OC(F)F)c(OC)c2)c1. The standard InChI is InChI=1S/C19H19F2NO6/c1-25-14-5-3-4-12(8-14)10-22-17(23)11-27-18(24)13-6-7-15(28-19(20)21)16(9-13)26-2/h3-9,19H,10-11H2,1-2H3,(H,22,23). The Hall–Kier alpha value is -3.36. The number of methoxy groups -OCH3 is 2. The van der Waals surface area contributed by atoms with Crippen molar-refractivity contribution in [1.29, 1.82) is 0 Å². The van der Waals surface area contributed by atoms with Crippen LogP contribution in [0.5, 0.6) is 17.2 Å². The Morgan fingerprint density at radius 3 is 2.50 bits per heavy atom. The molecule has 0 unspecified atom stereocenters. The highest BCUT2D eigenvalue weighted by Crippen LogP contribution is 2.29. The maximum absolute atomic E-state index is 12.3. The molecule has 28 heavy (non-hydrogen) atoms. The largest absolute Gasteiger partial charge is 0.497 e. The normalized spacial score (nSPS) is 10.3. The van der Waals surface area contributed by atoms with Crippen LogP contribution in [0.2, 0.25) is 0 Å². The van der Waals surface area contributed by atoms with Crippen molar-refractivity contribution in [3.05, 3.63) is 53.6 Å². The lowest BCUT2D eigenvalue weighted by molar-refractivity contribution is -0.124. The summed E-state index contributed by atoms with van der Waals surface area (Å²) in [4.78, 5) is 23.9. The Kier molecular flexibility index (Phi) is 7.55. The molecule has 0 spiro atoms. The third-order valence-corrected chi connectivity index (χ3v) is 3.57. The third kappa shape index (κ3) is 6.11. The van der Waals surface area contributed by atoms with E-state index >= 15 is 0 Å². The Bertz CT molecular complexity index is 828. The zero-order chi connectivity index (χ0) is 20.5. The zero-order valence-electron chi connectivity index (χ0n) is 15.2. The van der Waals surface area contributed by atoms with E-state index in [9.17, 15) is 18.4 Å². The van der Waals surface area contributed by atoms with Gasteiger partial charge in [-0.05, 0) is 35.9 Å². The van der Waals surface area contributed by atoms with Crippen LogP contribution in [0, 0.1) is 0 Å². The van der Waals surface area contributed by atoms with Crippen LogP contribution in [0.4, 0.5) is 8.78 Å². The highest BCUT2D eigenvalue weighted by molar-refractivity contribution is 5.92. The molecule has 0 saturated heterocycles. The second kappa shape index (κ2) is 10.1. The molecule has 1 amide bonds. The second-order valence-electron chi connectivity index (χ2n) is 5.45. The van der Waals surface area contributed by atoms with Gasteiger partial charge in [-0.1, -0.05) is 12.1 Å². The van der Waals surface area contributed by atoms with Crippen molar-refractivity contribution < 1.29 is 37.3 Å². The number of ether oxygens (including phenoxy) is 4. The van der Waals surface area contributed by atoms with Crippen molar-refractivity contribution in [2.24, 2.45) is 0 Å². The summed E-state index contributed by atoms with van der Waals surface area (Å²) < 4.78 is 43.9. The fourth-order valence-electron chi connectivity index (χ4n) is 2.24. The number of carbonyl (C=O) groups is 2. The molecular formula is C19H19F2NO6. The predicted molar refractivity (Wildman–Crippen MR) is 94.7 cm³/mol. The highest BCUT2D eigenvalue weighted by Gasteiger charge is 2.16. The number of halogens is 2. The Labute approximate surface area is 160 Å². The van der Waals surface area contributed by atoms with Crippen LogP contribution >= 0.6 is 0 Å². The van der Waals surface area contributed by atoms with E-state index in [1.165, 1.54) is 26.4 Å². The molecule has 1 N–H and O–H groups in total. The van der Waals surface area contributed by atoms with E-state index in [-0.39, 0.29) is 23.6 Å². The van der Waals surface area contributed by atoms with Gasteiger partial charge in [0.05, 0.1) is 19.8 Å². The van der Waals surface area contributed by atoms with E-state index in [4.69, 9.17) is 14.2 Å². The molecule has 2 rings (SSSR count). The Balaban J connectivity index is 1.87. The van der Waals surface area contributed by atoms with Crippen molar-refractivity contribution in [1.82, 2.24) is 5.32 Å². The monoisotopic (exact) mass is 395 g/mol. The van der Waals surface area contributed by atoms with E-state index < -0.39 is 25.1 Å². The number of carbonyl (C=O) groups excluding carboxylic acids is 2. The average Bonchev–Trinajstić information content (AvgIpc) is 2.70. The van der Waals surface area contributed by atoms with Gasteiger partial charge in [0.15, 0.2) is 18.1 Å². The summed E-state index contributed by atoms with van der Waals surface area (Å²) >= 11 is 0. The summed E-state index contributed by atoms with van der Waals surface area (Å²) in [6, 6.07) is 10.7. The van der Waals surface area contributed by atoms with E-state index in [1.54, 1.807) is 18.2 Å². The lowest BCUT2D eigenvalue weighted by Crippen LogP contribution is -2.28. The van der Waals surface area contributed by atoms with Gasteiger partial charge in [-0.25, -0.2) is 4.79 Å². The number of alkyl halides is 2. The maximum atomic E-state index is 12.3. The summed E-state index contributed by atoms with van der Waals surface area (Å²) in [6.45, 7) is -3.29. The van der Waals surface area contributed by atoms with Crippen LogP contribution in [0.15, 0.2) is 42.5 Å². The van der Waals surface area contributed by atoms with Gasteiger partial charge in [-0.15, -0.1) is 0 Å². The maximum Gasteiger partial charge on any atom is 0.387 e. The number of rotatable bonds is 9. The summed E-state index contributed by atoms with van der Waals surface area (Å²) in [7, 11) is 2.78. The smallest absolute Gasteiger partial charge is 0.387 e. The molecule has 0 atom stereocenters. The fraction of sp³-hybridized carbons (Fsp3) is 0.263. The van der Waals surface area contributed by atoms with Gasteiger partial charge in [0.25, 0.3) is 5.91 Å². The Morgan fingerprint density at radius 1 is 1.04 bits per heavy atom. The number of amides is 1. The van der Waals surface area contributed by atoms with Crippen molar-refractivity contribution >= 4 is 11.9 Å². The summed E-state index contributed by atoms with van der Waals surface area (Å²) in [5.41, 5.74) is 0.845. The van der Waals surface area contributed by atoms with Crippen LogP contribution < -0.4 is 19.5 Å². The van der Waals surface area contributed by atoms with Crippen molar-refractivity contribution in [2.45, 2.75) is 13.2 Å². The summed E-state index contributed by atoms with van der Waals surface area (Å²) in [5, 5.41) is 2.61. The molecular weight excluding hydrogens is 376 g/mol. The molecule has 2 aromatic carbocycles. The van der Waals surface area contributed by atoms with Crippen molar-refractivity contribution in [2.75, 3.05) is 20.8 Å². The summed E-state index contributed by atoms with van der Waals surface area (Å²) in [5.74, 6) is -0.923. The molecule has 0 aliphatic carbocycles. The summed E-state index contributed by atoms with van der Waals surface area (Å²) in [6.07, 6.45) is 0. The van der Waals surface area contributed by atoms with E-state index in [0.717, 1.165) is 11.6 Å². The molecule has 9 heteroatoms. The first-order valence-electron chi connectivity index (χ1n) is 8.12. The first-order valence-corrected chi connectivity index (χ1v) is 8.12. The molecule has 0 aromatic heterocycles. The molecule has 0 aliphatic heterocycles. The van der Waals surface area contributed by atoms with Crippen molar-refractivity contribution in [3.63, 3.8) is 0 Å². The first kappa shape index (κ1) is 20.9. The van der Waals surface area contributed by atoms with E-state index in [2.05, 4.69) is 10.1 Å². The van der Waals surface area contributed by atoms with Gasteiger partial charge in [-0.2, -0.15) is 8.78 Å². The van der Waals surface area contributed by atoms with Gasteiger partial charge in [0.2, 0.25) is 0 Å². The van der Waals surface area contributed by atoms with E-state index in [0.29, 0.717) is 5.75 Å². The first-order chi connectivity index (χ1) is 13.4. The van der Waals surface area contributed by atoms with Crippen LogP contribution in [-0.2, 0) is 16.1 Å². The number of hydrogen-bond donors (Lipinski definition) is 1. The minimum atomic E-state index is -3.03. The van der Waals surface area contributed by atoms with Crippen LogP contribution in [-0.4, -0.2) is 39.3 Å². The van der Waals surface area contributed by atoms with Crippen LogP contribution in [0.1, 0.15) is 15.9 Å². The number of esters is 1. The molecule has 0 fully saturated rings. The molecule has 0 bridgehead atoms. The molecule has 0 aliphatic rings. The van der Waals surface area contributed by atoms with Gasteiger partial charge < -0.3 is 24.3 Å². The average molecular weight is 395 g/mol. The van der Waals surface area contributed by atoms with Gasteiger partial charge in [0, 0.05) is 6.54 Å². The number of hydrogen-bond acceptors (Lipinski definition) is 6. The van der Waals surface area contributed by atoms with Crippen LogP contribution in [0.25, 0.3) is 0 Å². The van der Waals surface area contributed by atoms with Gasteiger partial charge in [-0.3, -0.25) is 4.79 Å². The third-order valence-electron chi connectivity index (χ3n) is 3.57. The lowest BCUT2D eigenvalue weighted by atomic mass is 10.2. The second-order valence-corrected chi connectivity index (χ2v) is 5.45. The minimum absolute atomic E-state index is 0.0269. The van der Waals surface area contributed by atoms with Gasteiger partial charge >= 0.3 is 12.6 Å².